The first-order valence-electron chi connectivity index (χ1n) is 7.44. The minimum absolute atomic E-state index is 0.00409. The quantitative estimate of drug-likeness (QED) is 0.711. The van der Waals surface area contributed by atoms with Crippen LogP contribution in [0.15, 0.2) is 48.5 Å². The lowest BCUT2D eigenvalue weighted by molar-refractivity contribution is -0.141. The predicted molar refractivity (Wildman–Crippen MR) is 86.8 cm³/mol. The summed E-state index contributed by atoms with van der Waals surface area (Å²) in [6, 6.07) is 10.1. The third kappa shape index (κ3) is 5.42. The maximum Gasteiger partial charge on any atom is 0.335 e. The molecule has 7 heteroatoms. The second-order valence-corrected chi connectivity index (χ2v) is 5.47. The zero-order valence-corrected chi connectivity index (χ0v) is 13.1. The Morgan fingerprint density at radius 1 is 1.00 bits per heavy atom. The van der Waals surface area contributed by atoms with Crippen molar-refractivity contribution in [2.24, 2.45) is 0 Å². The molecule has 2 aromatic rings. The highest BCUT2D eigenvalue weighted by Crippen LogP contribution is 2.09. The molecule has 0 aliphatic heterocycles. The van der Waals surface area contributed by atoms with Gasteiger partial charge in [-0.2, -0.15) is 0 Å². The number of carbonyl (C=O) groups excluding carboxylic acids is 1. The monoisotopic (exact) mass is 345 g/mol. The molecule has 0 aliphatic carbocycles. The predicted octanol–water partition coefficient (Wildman–Crippen LogP) is 1.88. The molecule has 0 fully saturated rings. The molecule has 6 nitrogen and oxygen atoms in total. The van der Waals surface area contributed by atoms with Crippen molar-refractivity contribution >= 4 is 17.8 Å². The molecule has 0 unspecified atom stereocenters. The molecule has 0 aromatic heterocycles. The topological polar surface area (TPSA) is 104 Å². The van der Waals surface area contributed by atoms with E-state index in [0.29, 0.717) is 11.1 Å². The van der Waals surface area contributed by atoms with Gasteiger partial charge in [0.15, 0.2) is 0 Å². The van der Waals surface area contributed by atoms with Gasteiger partial charge in [0.2, 0.25) is 5.91 Å². The van der Waals surface area contributed by atoms with Gasteiger partial charge in [-0.3, -0.25) is 4.79 Å². The number of rotatable bonds is 7. The second-order valence-electron chi connectivity index (χ2n) is 5.47. The smallest absolute Gasteiger partial charge is 0.335 e. The largest absolute Gasteiger partial charge is 0.480 e. The summed E-state index contributed by atoms with van der Waals surface area (Å²) in [7, 11) is 0. The molecule has 0 saturated heterocycles. The van der Waals surface area contributed by atoms with Gasteiger partial charge >= 0.3 is 11.9 Å². The Bertz CT molecular complexity index is 788. The number of aliphatic carboxylic acids is 1. The minimum Gasteiger partial charge on any atom is -0.480 e. The van der Waals surface area contributed by atoms with E-state index in [4.69, 9.17) is 5.11 Å². The summed E-state index contributed by atoms with van der Waals surface area (Å²) in [5.74, 6) is -3.31. The summed E-state index contributed by atoms with van der Waals surface area (Å²) in [6.07, 6.45) is -0.135. The molecule has 0 spiro atoms. The number of halogens is 1. The third-order valence-corrected chi connectivity index (χ3v) is 3.53. The summed E-state index contributed by atoms with van der Waals surface area (Å²) in [6.45, 7) is 0. The molecule has 2 rings (SSSR count). The molecule has 0 bridgehead atoms. The Morgan fingerprint density at radius 3 is 2.24 bits per heavy atom. The molecule has 0 saturated carbocycles. The molecular weight excluding hydrogens is 329 g/mol. The van der Waals surface area contributed by atoms with Crippen molar-refractivity contribution in [1.82, 2.24) is 5.32 Å². The zero-order chi connectivity index (χ0) is 18.4. The van der Waals surface area contributed by atoms with E-state index in [9.17, 15) is 23.9 Å². The van der Waals surface area contributed by atoms with Crippen molar-refractivity contribution in [3.05, 3.63) is 71.0 Å². The van der Waals surface area contributed by atoms with Gasteiger partial charge < -0.3 is 15.5 Å². The zero-order valence-electron chi connectivity index (χ0n) is 13.1. The van der Waals surface area contributed by atoms with E-state index in [1.54, 1.807) is 6.07 Å². The molecule has 1 atom stereocenters. The highest BCUT2D eigenvalue weighted by molar-refractivity contribution is 5.87. The van der Waals surface area contributed by atoms with Crippen molar-refractivity contribution in [1.29, 1.82) is 0 Å². The molecule has 1 amide bonds. The number of amides is 1. The molecule has 0 aliphatic rings. The standard InChI is InChI=1S/C18H16FNO5/c19-14-3-1-2-12(8-14)10-16(21)20-15(18(24)25)9-11-4-6-13(7-5-11)17(22)23/h1-8,15H,9-10H2,(H,20,21)(H,22,23)(H,24,25)/t15-/m0/s1. The Kier molecular flexibility index (Phi) is 5.84. The van der Waals surface area contributed by atoms with E-state index < -0.39 is 29.7 Å². The summed E-state index contributed by atoms with van der Waals surface area (Å²) in [5, 5.41) is 20.5. The van der Waals surface area contributed by atoms with Crippen LogP contribution in [-0.2, 0) is 22.4 Å². The van der Waals surface area contributed by atoms with Gasteiger partial charge in [-0.15, -0.1) is 0 Å². The number of hydrogen-bond acceptors (Lipinski definition) is 3. The van der Waals surface area contributed by atoms with Gasteiger partial charge in [-0.1, -0.05) is 24.3 Å². The number of carboxylic acids is 2. The molecule has 0 heterocycles. The first-order valence-corrected chi connectivity index (χ1v) is 7.44. The highest BCUT2D eigenvalue weighted by Gasteiger charge is 2.20. The van der Waals surface area contributed by atoms with Gasteiger partial charge in [-0.05, 0) is 35.4 Å². The number of nitrogens with one attached hydrogen (secondary N) is 1. The van der Waals surface area contributed by atoms with Gasteiger partial charge in [0.1, 0.15) is 11.9 Å². The van der Waals surface area contributed by atoms with E-state index in [-0.39, 0.29) is 18.4 Å². The Balaban J connectivity index is 2.01. The second kappa shape index (κ2) is 8.05. The van der Waals surface area contributed by atoms with Crippen LogP contribution >= 0.6 is 0 Å². The summed E-state index contributed by atoms with van der Waals surface area (Å²) in [4.78, 5) is 34.2. The Morgan fingerprint density at radius 2 is 1.68 bits per heavy atom. The van der Waals surface area contributed by atoms with Gasteiger partial charge in [0, 0.05) is 6.42 Å². The van der Waals surface area contributed by atoms with Crippen LogP contribution in [0.1, 0.15) is 21.5 Å². The Hall–Kier alpha value is -3.22. The highest BCUT2D eigenvalue weighted by atomic mass is 19.1. The lowest BCUT2D eigenvalue weighted by Gasteiger charge is -2.15. The lowest BCUT2D eigenvalue weighted by atomic mass is 10.0. The van der Waals surface area contributed by atoms with Gasteiger partial charge in [0.25, 0.3) is 0 Å². The van der Waals surface area contributed by atoms with Crippen molar-refractivity contribution < 1.29 is 29.0 Å². The van der Waals surface area contributed by atoms with Crippen LogP contribution in [0.3, 0.4) is 0 Å². The van der Waals surface area contributed by atoms with Crippen LogP contribution in [0.5, 0.6) is 0 Å². The van der Waals surface area contributed by atoms with E-state index in [1.165, 1.54) is 42.5 Å². The average Bonchev–Trinajstić information content (AvgIpc) is 2.54. The van der Waals surface area contributed by atoms with Crippen LogP contribution in [0.4, 0.5) is 4.39 Å². The lowest BCUT2D eigenvalue weighted by Crippen LogP contribution is -2.43. The van der Waals surface area contributed by atoms with Crippen molar-refractivity contribution in [2.75, 3.05) is 0 Å². The fourth-order valence-electron chi connectivity index (χ4n) is 2.30. The molecule has 3 N–H and O–H groups in total. The van der Waals surface area contributed by atoms with E-state index in [1.807, 2.05) is 0 Å². The summed E-state index contributed by atoms with van der Waals surface area (Å²) >= 11 is 0. The van der Waals surface area contributed by atoms with Crippen molar-refractivity contribution in [2.45, 2.75) is 18.9 Å². The maximum atomic E-state index is 13.1. The van der Waals surface area contributed by atoms with Gasteiger partial charge in [-0.25, -0.2) is 14.0 Å². The van der Waals surface area contributed by atoms with Crippen LogP contribution in [0, 0.1) is 5.82 Å². The average molecular weight is 345 g/mol. The number of carbonyl (C=O) groups is 3. The maximum absolute atomic E-state index is 13.1. The van der Waals surface area contributed by atoms with E-state index in [2.05, 4.69) is 5.32 Å². The molecular formula is C18H16FNO5. The first-order chi connectivity index (χ1) is 11.8. The van der Waals surface area contributed by atoms with E-state index >= 15 is 0 Å². The molecule has 130 valence electrons. The van der Waals surface area contributed by atoms with Crippen LogP contribution in [-0.4, -0.2) is 34.1 Å². The number of benzene rings is 2. The number of carboxylic acid groups (broad SMARTS) is 2. The normalized spacial score (nSPS) is 11.6. The minimum atomic E-state index is -1.21. The van der Waals surface area contributed by atoms with Crippen LogP contribution in [0.2, 0.25) is 0 Å². The fourth-order valence-corrected chi connectivity index (χ4v) is 2.30. The SMILES string of the molecule is O=C(Cc1cccc(F)c1)N[C@@H](Cc1ccc(C(=O)O)cc1)C(=O)O. The van der Waals surface area contributed by atoms with Crippen molar-refractivity contribution in [3.8, 4) is 0 Å². The number of hydrogen-bond donors (Lipinski definition) is 3. The molecule has 2 aromatic carbocycles. The first kappa shape index (κ1) is 18.1. The summed E-state index contributed by atoms with van der Waals surface area (Å²) in [5.41, 5.74) is 1.10. The van der Waals surface area contributed by atoms with Crippen molar-refractivity contribution in [3.63, 3.8) is 0 Å². The molecule has 0 radical (unpaired) electrons. The van der Waals surface area contributed by atoms with Crippen LogP contribution in [0.25, 0.3) is 0 Å². The van der Waals surface area contributed by atoms with E-state index in [0.717, 1.165) is 0 Å². The third-order valence-electron chi connectivity index (χ3n) is 3.53. The fraction of sp³-hybridized carbons (Fsp3) is 0.167. The van der Waals surface area contributed by atoms with Crippen LogP contribution < -0.4 is 5.32 Å². The Labute approximate surface area is 142 Å². The summed E-state index contributed by atoms with van der Waals surface area (Å²) < 4.78 is 13.1. The molecule has 25 heavy (non-hydrogen) atoms. The number of aromatic carboxylic acids is 1. The van der Waals surface area contributed by atoms with Gasteiger partial charge in [0.05, 0.1) is 12.0 Å².